The number of benzene rings is 1. The summed E-state index contributed by atoms with van der Waals surface area (Å²) >= 11 is 0. The van der Waals surface area contributed by atoms with Gasteiger partial charge in [-0.15, -0.1) is 0 Å². The summed E-state index contributed by atoms with van der Waals surface area (Å²) in [6.07, 6.45) is 2.04. The molecule has 0 aliphatic rings. The fourth-order valence-electron chi connectivity index (χ4n) is 1.32. The number of hydrogen-bond acceptors (Lipinski definition) is 1. The van der Waals surface area contributed by atoms with Crippen molar-refractivity contribution in [2.45, 2.75) is 13.2 Å². The quantitative estimate of drug-likeness (QED) is 0.409. The van der Waals surface area contributed by atoms with E-state index in [4.69, 9.17) is 4.74 Å². The Morgan fingerprint density at radius 1 is 1.33 bits per heavy atom. The minimum atomic E-state index is 0.116. The molecular weight excluding hydrogens is 186 g/mol. The molecule has 0 spiro atoms. The van der Waals surface area contributed by atoms with Gasteiger partial charge in [-0.05, 0) is 18.2 Å². The van der Waals surface area contributed by atoms with Gasteiger partial charge in [0.2, 0.25) is 6.23 Å². The average Bonchev–Trinajstić information content (AvgIpc) is 2.19. The Morgan fingerprint density at radius 3 is 2.47 bits per heavy atom. The smallest absolute Gasteiger partial charge is 0.230 e. The molecule has 0 bridgehead atoms. The van der Waals surface area contributed by atoms with E-state index in [2.05, 4.69) is 27.6 Å². The molecule has 1 rings (SSSR count). The fourth-order valence-corrected chi connectivity index (χ4v) is 1.32. The summed E-state index contributed by atoms with van der Waals surface area (Å²) < 4.78 is 6.63. The van der Waals surface area contributed by atoms with E-state index in [0.717, 1.165) is 16.8 Å². The number of rotatable bonds is 5. The maximum absolute atomic E-state index is 5.86. The second-order valence-electron chi connectivity index (χ2n) is 4.28. The van der Waals surface area contributed by atoms with Crippen molar-refractivity contribution in [3.63, 3.8) is 0 Å². The van der Waals surface area contributed by atoms with E-state index < -0.39 is 0 Å². The number of ether oxygens (including phenoxy) is 1. The molecule has 1 unspecified atom stereocenters. The summed E-state index contributed by atoms with van der Waals surface area (Å²) in [4.78, 5) is 0. The lowest BCUT2D eigenvalue weighted by Crippen LogP contribution is -2.50. The Morgan fingerprint density at radius 2 is 1.93 bits per heavy atom. The number of para-hydroxylation sites is 1. The van der Waals surface area contributed by atoms with Crippen LogP contribution in [0.1, 0.15) is 6.92 Å². The summed E-state index contributed by atoms with van der Waals surface area (Å²) in [5.41, 5.74) is 0. The molecule has 0 saturated heterocycles. The van der Waals surface area contributed by atoms with E-state index in [1.807, 2.05) is 36.4 Å². The molecule has 0 aliphatic heterocycles. The molecule has 1 atom stereocenters. The molecule has 2 heteroatoms. The van der Waals surface area contributed by atoms with Gasteiger partial charge in [-0.3, -0.25) is 4.48 Å². The Kier molecular flexibility index (Phi) is 3.92. The Bertz CT molecular complexity index is 306. The first-order chi connectivity index (χ1) is 7.06. The van der Waals surface area contributed by atoms with Crippen LogP contribution in [0.3, 0.4) is 0 Å². The SMILES string of the molecule is C=CC[N+](C)(C)C(C)Oc1ccccc1. The topological polar surface area (TPSA) is 9.23 Å². The Labute approximate surface area is 92.4 Å². The minimum absolute atomic E-state index is 0.116. The second kappa shape index (κ2) is 4.99. The number of hydrogen-bond donors (Lipinski definition) is 0. The molecule has 0 N–H and O–H groups in total. The van der Waals surface area contributed by atoms with Crippen molar-refractivity contribution in [2.75, 3.05) is 20.6 Å². The standard InChI is InChI=1S/C13H20NO/c1-5-11-14(3,4)12(2)15-13-9-7-6-8-10-13/h5-10,12H,1,11H2,2-4H3/q+1. The zero-order chi connectivity index (χ0) is 11.3. The van der Waals surface area contributed by atoms with Crippen molar-refractivity contribution < 1.29 is 9.22 Å². The summed E-state index contributed by atoms with van der Waals surface area (Å²) in [5, 5.41) is 0. The number of quaternary nitrogens is 1. The molecule has 0 heterocycles. The van der Waals surface area contributed by atoms with Crippen LogP contribution in [-0.4, -0.2) is 31.4 Å². The predicted molar refractivity (Wildman–Crippen MR) is 63.7 cm³/mol. The minimum Gasteiger partial charge on any atom is -0.443 e. The summed E-state index contributed by atoms with van der Waals surface area (Å²) in [6.45, 7) is 6.74. The molecular formula is C13H20NO+. The van der Waals surface area contributed by atoms with Crippen LogP contribution in [0.4, 0.5) is 0 Å². The van der Waals surface area contributed by atoms with Crippen molar-refractivity contribution in [1.82, 2.24) is 0 Å². The van der Waals surface area contributed by atoms with E-state index in [-0.39, 0.29) is 6.23 Å². The largest absolute Gasteiger partial charge is 0.443 e. The molecule has 0 aromatic heterocycles. The molecule has 82 valence electrons. The van der Waals surface area contributed by atoms with Gasteiger partial charge in [0.05, 0.1) is 20.6 Å². The molecule has 1 aromatic carbocycles. The first kappa shape index (κ1) is 11.8. The van der Waals surface area contributed by atoms with Gasteiger partial charge in [0.1, 0.15) is 5.75 Å². The third-order valence-corrected chi connectivity index (χ3v) is 2.63. The lowest BCUT2D eigenvalue weighted by Gasteiger charge is -2.34. The molecule has 0 saturated carbocycles. The highest BCUT2D eigenvalue weighted by molar-refractivity contribution is 5.20. The van der Waals surface area contributed by atoms with Crippen molar-refractivity contribution >= 4 is 0 Å². The van der Waals surface area contributed by atoms with E-state index in [1.54, 1.807) is 0 Å². The van der Waals surface area contributed by atoms with E-state index in [9.17, 15) is 0 Å². The van der Waals surface area contributed by atoms with Gasteiger partial charge >= 0.3 is 0 Å². The number of nitrogens with zero attached hydrogens (tertiary/aromatic N) is 1. The molecule has 0 amide bonds. The molecule has 2 nitrogen and oxygen atoms in total. The van der Waals surface area contributed by atoms with Crippen molar-refractivity contribution in [1.29, 1.82) is 0 Å². The van der Waals surface area contributed by atoms with E-state index in [1.165, 1.54) is 0 Å². The Hall–Kier alpha value is -1.28. The first-order valence-corrected chi connectivity index (χ1v) is 5.21. The second-order valence-corrected chi connectivity index (χ2v) is 4.28. The number of likely N-dealkylation sites (N-methyl/N-ethyl adjacent to an activating group) is 1. The van der Waals surface area contributed by atoms with Crippen LogP contribution in [0, 0.1) is 0 Å². The molecule has 0 fully saturated rings. The maximum Gasteiger partial charge on any atom is 0.230 e. The third kappa shape index (κ3) is 3.40. The molecule has 0 aliphatic carbocycles. The molecule has 0 radical (unpaired) electrons. The van der Waals surface area contributed by atoms with Gasteiger partial charge in [0.15, 0.2) is 0 Å². The van der Waals surface area contributed by atoms with Crippen LogP contribution in [-0.2, 0) is 0 Å². The lowest BCUT2D eigenvalue weighted by atomic mass is 10.3. The predicted octanol–water partition coefficient (Wildman–Crippen LogP) is 2.67. The van der Waals surface area contributed by atoms with Gasteiger partial charge < -0.3 is 4.74 Å². The van der Waals surface area contributed by atoms with Crippen molar-refractivity contribution in [2.24, 2.45) is 0 Å². The van der Waals surface area contributed by atoms with Crippen LogP contribution < -0.4 is 4.74 Å². The zero-order valence-corrected chi connectivity index (χ0v) is 9.81. The average molecular weight is 206 g/mol. The van der Waals surface area contributed by atoms with Crippen molar-refractivity contribution in [3.8, 4) is 5.75 Å². The van der Waals surface area contributed by atoms with Gasteiger partial charge in [-0.25, -0.2) is 0 Å². The van der Waals surface area contributed by atoms with Gasteiger partial charge in [-0.2, -0.15) is 0 Å². The zero-order valence-electron chi connectivity index (χ0n) is 9.81. The van der Waals surface area contributed by atoms with Crippen molar-refractivity contribution in [3.05, 3.63) is 43.0 Å². The molecule has 1 aromatic rings. The van der Waals surface area contributed by atoms with Crippen LogP contribution in [0.25, 0.3) is 0 Å². The highest BCUT2D eigenvalue weighted by Gasteiger charge is 2.23. The third-order valence-electron chi connectivity index (χ3n) is 2.63. The summed E-state index contributed by atoms with van der Waals surface area (Å²) in [5.74, 6) is 0.917. The van der Waals surface area contributed by atoms with Crippen LogP contribution in [0.2, 0.25) is 0 Å². The Balaban J connectivity index is 2.63. The highest BCUT2D eigenvalue weighted by Crippen LogP contribution is 2.15. The van der Waals surface area contributed by atoms with Gasteiger partial charge in [0.25, 0.3) is 0 Å². The van der Waals surface area contributed by atoms with Crippen LogP contribution in [0.15, 0.2) is 43.0 Å². The molecule has 15 heavy (non-hydrogen) atoms. The van der Waals surface area contributed by atoms with Gasteiger partial charge in [-0.1, -0.05) is 24.8 Å². The highest BCUT2D eigenvalue weighted by atomic mass is 16.5. The monoisotopic (exact) mass is 206 g/mol. The van der Waals surface area contributed by atoms with Crippen LogP contribution in [0.5, 0.6) is 5.75 Å². The van der Waals surface area contributed by atoms with E-state index >= 15 is 0 Å². The normalized spacial score (nSPS) is 13.3. The van der Waals surface area contributed by atoms with Gasteiger partial charge in [0, 0.05) is 6.92 Å². The lowest BCUT2D eigenvalue weighted by molar-refractivity contribution is -0.925. The maximum atomic E-state index is 5.86. The van der Waals surface area contributed by atoms with E-state index in [0.29, 0.717) is 0 Å². The summed E-state index contributed by atoms with van der Waals surface area (Å²) in [7, 11) is 4.27. The van der Waals surface area contributed by atoms with Crippen LogP contribution >= 0.6 is 0 Å². The fraction of sp³-hybridized carbons (Fsp3) is 0.385. The first-order valence-electron chi connectivity index (χ1n) is 5.21. The summed E-state index contributed by atoms with van der Waals surface area (Å²) in [6, 6.07) is 9.90.